The van der Waals surface area contributed by atoms with E-state index in [0.29, 0.717) is 31.6 Å². The SMILES string of the molecule is COCCC(=O)N1CCC(=O)c2ccccc21. The molecule has 1 aliphatic rings. The van der Waals surface area contributed by atoms with Crippen molar-refractivity contribution in [3.8, 4) is 0 Å². The Labute approximate surface area is 100 Å². The predicted molar refractivity (Wildman–Crippen MR) is 64.2 cm³/mol. The first-order valence-electron chi connectivity index (χ1n) is 5.65. The van der Waals surface area contributed by atoms with E-state index in [9.17, 15) is 9.59 Å². The number of methoxy groups -OCH3 is 1. The van der Waals surface area contributed by atoms with Gasteiger partial charge in [-0.3, -0.25) is 9.59 Å². The molecule has 4 nitrogen and oxygen atoms in total. The maximum atomic E-state index is 12.0. The second-order valence-corrected chi connectivity index (χ2v) is 3.98. The lowest BCUT2D eigenvalue weighted by Crippen LogP contribution is -2.37. The summed E-state index contributed by atoms with van der Waals surface area (Å²) in [6.07, 6.45) is 0.745. The van der Waals surface area contributed by atoms with Crippen molar-refractivity contribution in [1.29, 1.82) is 0 Å². The Balaban J connectivity index is 2.24. The lowest BCUT2D eigenvalue weighted by atomic mass is 10.0. The molecule has 0 radical (unpaired) electrons. The zero-order chi connectivity index (χ0) is 12.3. The van der Waals surface area contributed by atoms with Crippen LogP contribution < -0.4 is 4.90 Å². The number of anilines is 1. The van der Waals surface area contributed by atoms with Crippen LogP contribution >= 0.6 is 0 Å². The highest BCUT2D eigenvalue weighted by Gasteiger charge is 2.26. The molecule has 0 unspecified atom stereocenters. The van der Waals surface area contributed by atoms with Crippen LogP contribution in [0.5, 0.6) is 0 Å². The van der Waals surface area contributed by atoms with Gasteiger partial charge in [-0.05, 0) is 12.1 Å². The number of para-hydroxylation sites is 1. The van der Waals surface area contributed by atoms with Crippen molar-refractivity contribution in [2.75, 3.05) is 25.2 Å². The van der Waals surface area contributed by atoms with E-state index in [0.717, 1.165) is 5.69 Å². The fourth-order valence-corrected chi connectivity index (χ4v) is 2.00. The number of ether oxygens (including phenoxy) is 1. The van der Waals surface area contributed by atoms with Gasteiger partial charge in [0.2, 0.25) is 5.91 Å². The van der Waals surface area contributed by atoms with Crippen molar-refractivity contribution >= 4 is 17.4 Å². The molecule has 0 fully saturated rings. The van der Waals surface area contributed by atoms with E-state index in [1.807, 2.05) is 18.2 Å². The van der Waals surface area contributed by atoms with Gasteiger partial charge in [-0.1, -0.05) is 12.1 Å². The molecule has 0 saturated heterocycles. The summed E-state index contributed by atoms with van der Waals surface area (Å²) in [4.78, 5) is 25.3. The summed E-state index contributed by atoms with van der Waals surface area (Å²) in [6, 6.07) is 7.25. The molecule has 0 bridgehead atoms. The second kappa shape index (κ2) is 5.10. The molecule has 0 atom stereocenters. The lowest BCUT2D eigenvalue weighted by Gasteiger charge is -2.28. The number of benzene rings is 1. The third-order valence-corrected chi connectivity index (χ3v) is 2.88. The highest BCUT2D eigenvalue weighted by Crippen LogP contribution is 2.27. The van der Waals surface area contributed by atoms with Gasteiger partial charge in [-0.15, -0.1) is 0 Å². The summed E-state index contributed by atoms with van der Waals surface area (Å²) in [6.45, 7) is 0.879. The van der Waals surface area contributed by atoms with Gasteiger partial charge in [0.25, 0.3) is 0 Å². The normalized spacial score (nSPS) is 14.6. The van der Waals surface area contributed by atoms with Crippen LogP contribution in [0, 0.1) is 0 Å². The van der Waals surface area contributed by atoms with Crippen LogP contribution in [0.3, 0.4) is 0 Å². The first-order chi connectivity index (χ1) is 8.24. The molecule has 0 aromatic heterocycles. The number of ketones is 1. The van der Waals surface area contributed by atoms with Crippen molar-refractivity contribution in [1.82, 2.24) is 0 Å². The molecular weight excluding hydrogens is 218 g/mol. The summed E-state index contributed by atoms with van der Waals surface area (Å²) in [7, 11) is 1.57. The van der Waals surface area contributed by atoms with Gasteiger partial charge in [0.15, 0.2) is 5.78 Å². The average molecular weight is 233 g/mol. The Morgan fingerprint density at radius 2 is 2.18 bits per heavy atom. The molecule has 0 spiro atoms. The smallest absolute Gasteiger partial charge is 0.229 e. The number of Topliss-reactive ketones (excluding diaryl/α,β-unsaturated/α-hetero) is 1. The van der Waals surface area contributed by atoms with Crippen LogP contribution in [0.2, 0.25) is 0 Å². The van der Waals surface area contributed by atoms with Crippen LogP contribution in [-0.2, 0) is 9.53 Å². The number of carbonyl (C=O) groups excluding carboxylic acids is 2. The minimum atomic E-state index is 0.00630. The maximum absolute atomic E-state index is 12.0. The van der Waals surface area contributed by atoms with Crippen molar-refractivity contribution in [2.45, 2.75) is 12.8 Å². The Morgan fingerprint density at radius 1 is 1.41 bits per heavy atom. The zero-order valence-electron chi connectivity index (χ0n) is 9.81. The number of nitrogens with zero attached hydrogens (tertiary/aromatic N) is 1. The topological polar surface area (TPSA) is 46.6 Å². The minimum absolute atomic E-state index is 0.00630. The Morgan fingerprint density at radius 3 is 2.94 bits per heavy atom. The number of amides is 1. The number of rotatable bonds is 3. The molecule has 2 rings (SSSR count). The fourth-order valence-electron chi connectivity index (χ4n) is 2.00. The van der Waals surface area contributed by atoms with Crippen LogP contribution in [-0.4, -0.2) is 32.0 Å². The van der Waals surface area contributed by atoms with Gasteiger partial charge in [0.1, 0.15) is 0 Å². The Bertz CT molecular complexity index is 442. The summed E-state index contributed by atoms with van der Waals surface area (Å²) in [5, 5.41) is 0. The number of carbonyl (C=O) groups is 2. The van der Waals surface area contributed by atoms with Crippen molar-refractivity contribution in [2.24, 2.45) is 0 Å². The van der Waals surface area contributed by atoms with E-state index < -0.39 is 0 Å². The van der Waals surface area contributed by atoms with E-state index in [4.69, 9.17) is 4.74 Å². The number of hydrogen-bond acceptors (Lipinski definition) is 3. The predicted octanol–water partition coefficient (Wildman–Crippen LogP) is 1.64. The third-order valence-electron chi connectivity index (χ3n) is 2.88. The van der Waals surface area contributed by atoms with E-state index in [-0.39, 0.29) is 11.7 Å². The molecular formula is C13H15NO3. The molecule has 1 amide bonds. The quantitative estimate of drug-likeness (QED) is 0.797. The van der Waals surface area contributed by atoms with Crippen LogP contribution in [0.25, 0.3) is 0 Å². The summed E-state index contributed by atoms with van der Waals surface area (Å²) < 4.78 is 4.90. The molecule has 4 heteroatoms. The van der Waals surface area contributed by atoms with Gasteiger partial charge in [-0.25, -0.2) is 0 Å². The molecule has 17 heavy (non-hydrogen) atoms. The number of hydrogen-bond donors (Lipinski definition) is 0. The van der Waals surface area contributed by atoms with Gasteiger partial charge in [0.05, 0.1) is 18.7 Å². The molecule has 1 aromatic carbocycles. The monoisotopic (exact) mass is 233 g/mol. The molecule has 0 aliphatic carbocycles. The zero-order valence-corrected chi connectivity index (χ0v) is 9.81. The van der Waals surface area contributed by atoms with E-state index in [1.165, 1.54) is 0 Å². The van der Waals surface area contributed by atoms with Crippen molar-refractivity contribution in [3.05, 3.63) is 29.8 Å². The standard InChI is InChI=1S/C13H15NO3/c1-17-9-7-13(16)14-8-6-12(15)10-4-2-3-5-11(10)14/h2-5H,6-9H2,1H3. The second-order valence-electron chi connectivity index (χ2n) is 3.98. The molecule has 90 valence electrons. The van der Waals surface area contributed by atoms with E-state index in [2.05, 4.69) is 0 Å². The minimum Gasteiger partial charge on any atom is -0.384 e. The fraction of sp³-hybridized carbons (Fsp3) is 0.385. The summed E-state index contributed by atoms with van der Waals surface area (Å²) in [5.41, 5.74) is 1.37. The van der Waals surface area contributed by atoms with Crippen molar-refractivity contribution < 1.29 is 14.3 Å². The molecule has 1 aliphatic heterocycles. The first kappa shape index (κ1) is 11.8. The third kappa shape index (κ3) is 2.36. The van der Waals surface area contributed by atoms with E-state index >= 15 is 0 Å². The Kier molecular flexibility index (Phi) is 3.54. The van der Waals surface area contributed by atoms with Gasteiger partial charge in [-0.2, -0.15) is 0 Å². The Hall–Kier alpha value is -1.68. The average Bonchev–Trinajstić information content (AvgIpc) is 2.37. The molecule has 1 aromatic rings. The lowest BCUT2D eigenvalue weighted by molar-refractivity contribution is -0.119. The van der Waals surface area contributed by atoms with Crippen molar-refractivity contribution in [3.63, 3.8) is 0 Å². The summed E-state index contributed by atoms with van der Waals surface area (Å²) in [5.74, 6) is 0.114. The number of fused-ring (bicyclic) bond motifs is 1. The van der Waals surface area contributed by atoms with Crippen LogP contribution in [0.4, 0.5) is 5.69 Å². The molecule has 0 saturated carbocycles. The van der Waals surface area contributed by atoms with E-state index in [1.54, 1.807) is 18.1 Å². The van der Waals surface area contributed by atoms with Crippen LogP contribution in [0.1, 0.15) is 23.2 Å². The highest BCUT2D eigenvalue weighted by molar-refractivity contribution is 6.08. The van der Waals surface area contributed by atoms with Crippen LogP contribution in [0.15, 0.2) is 24.3 Å². The molecule has 1 heterocycles. The highest BCUT2D eigenvalue weighted by atomic mass is 16.5. The molecule has 0 N–H and O–H groups in total. The maximum Gasteiger partial charge on any atom is 0.229 e. The largest absolute Gasteiger partial charge is 0.384 e. The van der Waals surface area contributed by atoms with Gasteiger partial charge in [0, 0.05) is 25.6 Å². The summed E-state index contributed by atoms with van der Waals surface area (Å²) >= 11 is 0. The first-order valence-corrected chi connectivity index (χ1v) is 5.65. The van der Waals surface area contributed by atoms with Gasteiger partial charge >= 0.3 is 0 Å². The van der Waals surface area contributed by atoms with Gasteiger partial charge < -0.3 is 9.64 Å².